The van der Waals surface area contributed by atoms with Gasteiger partial charge in [0.1, 0.15) is 12.7 Å². The first-order valence-corrected chi connectivity index (χ1v) is 10.8. The van der Waals surface area contributed by atoms with Crippen molar-refractivity contribution >= 4 is 0 Å². The van der Waals surface area contributed by atoms with Gasteiger partial charge in [-0.15, -0.1) is 0 Å². The van der Waals surface area contributed by atoms with Gasteiger partial charge in [0, 0.05) is 45.3 Å². The maximum atomic E-state index is 10.4. The van der Waals surface area contributed by atoms with Gasteiger partial charge in [-0.3, -0.25) is 4.90 Å². The van der Waals surface area contributed by atoms with Crippen molar-refractivity contribution in [1.29, 1.82) is 0 Å². The van der Waals surface area contributed by atoms with Crippen LogP contribution in [0.25, 0.3) is 0 Å². The van der Waals surface area contributed by atoms with Gasteiger partial charge in [-0.25, -0.2) is 0 Å². The Morgan fingerprint density at radius 1 is 1.11 bits per heavy atom. The molecular weight excluding hydrogens is 354 g/mol. The molecule has 2 fully saturated rings. The second-order valence-corrected chi connectivity index (χ2v) is 8.05. The van der Waals surface area contributed by atoms with Crippen LogP contribution in [0.5, 0.6) is 11.5 Å². The lowest BCUT2D eigenvalue weighted by Crippen LogP contribution is -2.49. The molecule has 158 valence electrons. The number of hydrogen-bond acceptors (Lipinski definition) is 6. The molecule has 1 atom stereocenters. The van der Waals surface area contributed by atoms with Crippen molar-refractivity contribution < 1.29 is 14.6 Å². The molecule has 1 aromatic rings. The largest absolute Gasteiger partial charge is 0.493 e. The van der Waals surface area contributed by atoms with Crippen LogP contribution in [0.4, 0.5) is 0 Å². The molecule has 2 aliphatic rings. The Bertz CT molecular complexity index is 584. The zero-order valence-electron chi connectivity index (χ0n) is 17.5. The highest BCUT2D eigenvalue weighted by Crippen LogP contribution is 2.28. The number of ether oxygens (including phenoxy) is 2. The number of methoxy groups -OCH3 is 1. The van der Waals surface area contributed by atoms with Crippen molar-refractivity contribution in [1.82, 2.24) is 15.1 Å². The summed E-state index contributed by atoms with van der Waals surface area (Å²) >= 11 is 0. The van der Waals surface area contributed by atoms with Crippen molar-refractivity contribution in [2.24, 2.45) is 0 Å². The van der Waals surface area contributed by atoms with Gasteiger partial charge in [-0.1, -0.05) is 25.8 Å². The first-order valence-electron chi connectivity index (χ1n) is 10.8. The van der Waals surface area contributed by atoms with Gasteiger partial charge < -0.3 is 24.8 Å². The van der Waals surface area contributed by atoms with E-state index in [2.05, 4.69) is 28.1 Å². The average Bonchev–Trinajstić information content (AvgIpc) is 3.25. The molecule has 1 heterocycles. The SMILES string of the molecule is CCN1CCN(CC(O)COc2ccc(CNC3CCCC3)cc2OC)CC1. The lowest BCUT2D eigenvalue weighted by molar-refractivity contribution is 0.0464. The highest BCUT2D eigenvalue weighted by Gasteiger charge is 2.19. The molecule has 3 rings (SSSR count). The molecule has 0 amide bonds. The highest BCUT2D eigenvalue weighted by molar-refractivity contribution is 5.43. The van der Waals surface area contributed by atoms with E-state index in [0.29, 0.717) is 18.3 Å². The topological polar surface area (TPSA) is 57.2 Å². The highest BCUT2D eigenvalue weighted by atomic mass is 16.5. The number of β-amino-alcohol motifs (C(OH)–C–C–N with tert-alkyl or cyclic N) is 1. The van der Waals surface area contributed by atoms with Crippen molar-refractivity contribution in [3.63, 3.8) is 0 Å². The van der Waals surface area contributed by atoms with Crippen molar-refractivity contribution in [2.75, 3.05) is 53.0 Å². The maximum Gasteiger partial charge on any atom is 0.161 e. The van der Waals surface area contributed by atoms with Crippen LogP contribution in [0.2, 0.25) is 0 Å². The second kappa shape index (κ2) is 11.0. The molecule has 0 radical (unpaired) electrons. The summed E-state index contributed by atoms with van der Waals surface area (Å²) < 4.78 is 11.4. The predicted molar refractivity (Wildman–Crippen MR) is 112 cm³/mol. The summed E-state index contributed by atoms with van der Waals surface area (Å²) in [5.74, 6) is 1.43. The van der Waals surface area contributed by atoms with E-state index in [1.807, 2.05) is 12.1 Å². The maximum absolute atomic E-state index is 10.4. The third-order valence-electron chi connectivity index (χ3n) is 5.99. The molecule has 1 saturated carbocycles. The van der Waals surface area contributed by atoms with Crippen LogP contribution < -0.4 is 14.8 Å². The molecule has 1 saturated heterocycles. The number of piperazine rings is 1. The van der Waals surface area contributed by atoms with Crippen LogP contribution >= 0.6 is 0 Å². The summed E-state index contributed by atoms with van der Waals surface area (Å²) in [7, 11) is 1.67. The van der Waals surface area contributed by atoms with E-state index in [9.17, 15) is 5.11 Å². The summed E-state index contributed by atoms with van der Waals surface area (Å²) in [6, 6.07) is 6.72. The fourth-order valence-electron chi connectivity index (χ4n) is 4.16. The summed E-state index contributed by atoms with van der Waals surface area (Å²) in [6.45, 7) is 9.27. The molecule has 1 unspecified atom stereocenters. The molecular formula is C22H37N3O3. The van der Waals surface area contributed by atoms with Crippen LogP contribution in [0.3, 0.4) is 0 Å². The molecule has 6 heteroatoms. The van der Waals surface area contributed by atoms with Crippen molar-refractivity contribution in [3.05, 3.63) is 23.8 Å². The predicted octanol–water partition coefficient (Wildman–Crippen LogP) is 2.10. The number of rotatable bonds is 10. The number of aliphatic hydroxyl groups is 1. The second-order valence-electron chi connectivity index (χ2n) is 8.05. The minimum Gasteiger partial charge on any atom is -0.493 e. The summed E-state index contributed by atoms with van der Waals surface area (Å²) in [6.07, 6.45) is 4.74. The van der Waals surface area contributed by atoms with Gasteiger partial charge in [0.05, 0.1) is 7.11 Å². The third kappa shape index (κ3) is 6.34. The minimum atomic E-state index is -0.499. The molecule has 0 aromatic heterocycles. The fraction of sp³-hybridized carbons (Fsp3) is 0.727. The number of nitrogens with zero attached hydrogens (tertiary/aromatic N) is 2. The summed E-state index contributed by atoms with van der Waals surface area (Å²) in [4.78, 5) is 4.75. The third-order valence-corrected chi connectivity index (χ3v) is 5.99. The zero-order valence-corrected chi connectivity index (χ0v) is 17.5. The minimum absolute atomic E-state index is 0.282. The lowest BCUT2D eigenvalue weighted by Gasteiger charge is -2.34. The van der Waals surface area contributed by atoms with E-state index in [-0.39, 0.29) is 6.61 Å². The molecule has 1 aliphatic carbocycles. The van der Waals surface area contributed by atoms with E-state index < -0.39 is 6.10 Å². The molecule has 6 nitrogen and oxygen atoms in total. The van der Waals surface area contributed by atoms with Gasteiger partial charge in [0.2, 0.25) is 0 Å². The quantitative estimate of drug-likeness (QED) is 0.637. The van der Waals surface area contributed by atoms with Gasteiger partial charge in [-0.2, -0.15) is 0 Å². The number of aliphatic hydroxyl groups excluding tert-OH is 1. The lowest BCUT2D eigenvalue weighted by atomic mass is 10.1. The van der Waals surface area contributed by atoms with Crippen LogP contribution in [-0.2, 0) is 6.54 Å². The Morgan fingerprint density at radius 2 is 1.82 bits per heavy atom. The van der Waals surface area contributed by atoms with E-state index in [1.165, 1.54) is 31.2 Å². The number of likely N-dealkylation sites (N-methyl/N-ethyl adjacent to an activating group) is 1. The summed E-state index contributed by atoms with van der Waals surface area (Å²) in [5, 5.41) is 14.0. The van der Waals surface area contributed by atoms with Crippen LogP contribution in [-0.4, -0.2) is 80.0 Å². The standard InChI is InChI=1S/C22H37N3O3/c1-3-24-10-12-25(13-11-24)16-20(26)17-28-21-9-8-18(14-22(21)27-2)15-23-19-6-4-5-7-19/h8-9,14,19-20,23,26H,3-7,10-13,15-17H2,1-2H3. The molecule has 28 heavy (non-hydrogen) atoms. The summed E-state index contributed by atoms with van der Waals surface area (Å²) in [5.41, 5.74) is 1.20. The molecule has 0 spiro atoms. The zero-order chi connectivity index (χ0) is 19.8. The van der Waals surface area contributed by atoms with Crippen molar-refractivity contribution in [3.8, 4) is 11.5 Å². The van der Waals surface area contributed by atoms with Crippen LogP contribution in [0.1, 0.15) is 38.2 Å². The first-order chi connectivity index (χ1) is 13.7. The first kappa shape index (κ1) is 21.4. The fourth-order valence-corrected chi connectivity index (χ4v) is 4.16. The Hall–Kier alpha value is -1.34. The number of hydrogen-bond donors (Lipinski definition) is 2. The molecule has 2 N–H and O–H groups in total. The van der Waals surface area contributed by atoms with E-state index in [0.717, 1.165) is 45.0 Å². The molecule has 0 bridgehead atoms. The smallest absolute Gasteiger partial charge is 0.161 e. The van der Waals surface area contributed by atoms with Gasteiger partial charge >= 0.3 is 0 Å². The average molecular weight is 392 g/mol. The van der Waals surface area contributed by atoms with Gasteiger partial charge in [-0.05, 0) is 37.1 Å². The van der Waals surface area contributed by atoms with E-state index in [4.69, 9.17) is 9.47 Å². The Morgan fingerprint density at radius 3 is 2.50 bits per heavy atom. The Balaban J connectivity index is 1.43. The Labute approximate surface area is 169 Å². The van der Waals surface area contributed by atoms with E-state index in [1.54, 1.807) is 7.11 Å². The van der Waals surface area contributed by atoms with Crippen LogP contribution in [0, 0.1) is 0 Å². The Kier molecular flexibility index (Phi) is 8.40. The molecule has 1 aromatic carbocycles. The number of benzene rings is 1. The van der Waals surface area contributed by atoms with Gasteiger partial charge in [0.25, 0.3) is 0 Å². The van der Waals surface area contributed by atoms with E-state index >= 15 is 0 Å². The van der Waals surface area contributed by atoms with Gasteiger partial charge in [0.15, 0.2) is 11.5 Å². The van der Waals surface area contributed by atoms with Crippen molar-refractivity contribution in [2.45, 2.75) is 51.3 Å². The number of nitrogens with one attached hydrogen (secondary N) is 1. The molecule has 1 aliphatic heterocycles. The normalized spacial score (nSPS) is 20.4. The van der Waals surface area contributed by atoms with Crippen LogP contribution in [0.15, 0.2) is 18.2 Å². The monoisotopic (exact) mass is 391 g/mol.